The van der Waals surface area contributed by atoms with Crippen molar-refractivity contribution in [1.29, 1.82) is 0 Å². The summed E-state index contributed by atoms with van der Waals surface area (Å²) in [6.07, 6.45) is 0.542. The highest BCUT2D eigenvalue weighted by molar-refractivity contribution is 8.03. The lowest BCUT2D eigenvalue weighted by Gasteiger charge is -2.26. The van der Waals surface area contributed by atoms with Crippen LogP contribution in [0.1, 0.15) is 27.2 Å². The van der Waals surface area contributed by atoms with Gasteiger partial charge in [0, 0.05) is 17.8 Å². The van der Waals surface area contributed by atoms with E-state index in [1.165, 1.54) is 23.1 Å². The van der Waals surface area contributed by atoms with Crippen molar-refractivity contribution >= 4 is 50.6 Å². The molecule has 1 aromatic rings. The van der Waals surface area contributed by atoms with E-state index in [1.54, 1.807) is 16.7 Å². The smallest absolute Gasteiger partial charge is 0.233 e. The number of carbonyl (C=O) groups is 1. The van der Waals surface area contributed by atoms with Crippen LogP contribution in [0.3, 0.4) is 0 Å². The quantitative estimate of drug-likeness (QED) is 0.655. The van der Waals surface area contributed by atoms with Gasteiger partial charge in [0.05, 0.1) is 17.3 Å². The molecule has 0 spiro atoms. The standard InChI is InChI=1S/C13H21N3O3S4/c1-4-16(10-5-6-23(18,19)8-10)11(17)7-20-12-14-15-13(22-12)21-9(2)3/h9-10H,4-8H2,1-3H3/t10-/m1/s1. The fourth-order valence-corrected chi connectivity index (χ4v) is 7.23. The molecule has 0 aromatic carbocycles. The van der Waals surface area contributed by atoms with Crippen molar-refractivity contribution in [3.05, 3.63) is 0 Å². The van der Waals surface area contributed by atoms with Crippen LogP contribution in [-0.2, 0) is 14.6 Å². The van der Waals surface area contributed by atoms with Crippen molar-refractivity contribution in [3.63, 3.8) is 0 Å². The second-order valence-corrected chi connectivity index (χ2v) is 11.8. The summed E-state index contributed by atoms with van der Waals surface area (Å²) < 4.78 is 24.9. The fourth-order valence-electron chi connectivity index (χ4n) is 2.37. The summed E-state index contributed by atoms with van der Waals surface area (Å²) in [4.78, 5) is 14.1. The van der Waals surface area contributed by atoms with Gasteiger partial charge in [0.25, 0.3) is 0 Å². The number of amides is 1. The Balaban J connectivity index is 1.89. The number of rotatable bonds is 7. The molecule has 1 atom stereocenters. The van der Waals surface area contributed by atoms with Gasteiger partial charge in [0.1, 0.15) is 0 Å². The minimum Gasteiger partial charge on any atom is -0.338 e. The summed E-state index contributed by atoms with van der Waals surface area (Å²) in [5.41, 5.74) is 0. The number of nitrogens with zero attached hydrogens (tertiary/aromatic N) is 3. The van der Waals surface area contributed by atoms with Gasteiger partial charge in [0.2, 0.25) is 5.91 Å². The number of aromatic nitrogens is 2. The van der Waals surface area contributed by atoms with Gasteiger partial charge in [0.15, 0.2) is 18.5 Å². The molecule has 23 heavy (non-hydrogen) atoms. The highest BCUT2D eigenvalue weighted by atomic mass is 32.2. The molecule has 1 amide bonds. The van der Waals surface area contributed by atoms with E-state index in [-0.39, 0.29) is 29.2 Å². The summed E-state index contributed by atoms with van der Waals surface area (Å²) in [5.74, 6) is 0.505. The zero-order valence-electron chi connectivity index (χ0n) is 13.4. The van der Waals surface area contributed by atoms with Crippen molar-refractivity contribution in [1.82, 2.24) is 15.1 Å². The highest BCUT2D eigenvalue weighted by Crippen LogP contribution is 2.31. The molecule has 0 saturated carbocycles. The van der Waals surface area contributed by atoms with E-state index < -0.39 is 9.84 Å². The molecule has 6 nitrogen and oxygen atoms in total. The van der Waals surface area contributed by atoms with Crippen molar-refractivity contribution in [2.45, 2.75) is 47.2 Å². The predicted molar refractivity (Wildman–Crippen MR) is 96.1 cm³/mol. The molecular formula is C13H21N3O3S4. The monoisotopic (exact) mass is 395 g/mol. The highest BCUT2D eigenvalue weighted by Gasteiger charge is 2.33. The summed E-state index contributed by atoms with van der Waals surface area (Å²) in [6.45, 7) is 6.61. The average molecular weight is 396 g/mol. The van der Waals surface area contributed by atoms with Gasteiger partial charge < -0.3 is 4.90 Å². The summed E-state index contributed by atoms with van der Waals surface area (Å²) in [6, 6.07) is -0.181. The topological polar surface area (TPSA) is 80.2 Å². The van der Waals surface area contributed by atoms with Crippen LogP contribution in [0.5, 0.6) is 0 Å². The number of carbonyl (C=O) groups excluding carboxylic acids is 1. The molecule has 2 heterocycles. The van der Waals surface area contributed by atoms with Crippen LogP contribution in [0, 0.1) is 0 Å². The van der Waals surface area contributed by atoms with E-state index in [0.29, 0.717) is 18.2 Å². The Morgan fingerprint density at radius 2 is 2.09 bits per heavy atom. The fraction of sp³-hybridized carbons (Fsp3) is 0.769. The van der Waals surface area contributed by atoms with Crippen molar-refractivity contribution in [2.24, 2.45) is 0 Å². The van der Waals surface area contributed by atoms with E-state index >= 15 is 0 Å². The molecule has 130 valence electrons. The Labute approximate surface area is 149 Å². The molecule has 1 saturated heterocycles. The van der Waals surface area contributed by atoms with Crippen molar-refractivity contribution in [3.8, 4) is 0 Å². The molecule has 0 bridgehead atoms. The van der Waals surface area contributed by atoms with E-state index in [2.05, 4.69) is 24.0 Å². The maximum Gasteiger partial charge on any atom is 0.233 e. The normalized spacial score (nSPS) is 20.1. The van der Waals surface area contributed by atoms with Gasteiger partial charge in [-0.2, -0.15) is 0 Å². The molecule has 0 unspecified atom stereocenters. The molecule has 0 N–H and O–H groups in total. The van der Waals surface area contributed by atoms with Crippen LogP contribution in [0.2, 0.25) is 0 Å². The number of hydrogen-bond acceptors (Lipinski definition) is 8. The molecular weight excluding hydrogens is 374 g/mol. The molecule has 2 rings (SSSR count). The summed E-state index contributed by atoms with van der Waals surface area (Å²) >= 11 is 4.52. The molecule has 1 aliphatic heterocycles. The predicted octanol–water partition coefficient (Wildman–Crippen LogP) is 2.17. The number of sulfone groups is 1. The Kier molecular flexibility index (Phi) is 6.76. The van der Waals surface area contributed by atoms with Gasteiger partial charge in [-0.25, -0.2) is 8.42 Å². The third-order valence-corrected chi connectivity index (χ3v) is 8.23. The van der Waals surface area contributed by atoms with Gasteiger partial charge in [-0.1, -0.05) is 48.7 Å². The van der Waals surface area contributed by atoms with Crippen LogP contribution < -0.4 is 0 Å². The SMILES string of the molecule is CCN(C(=O)CSc1nnc(SC(C)C)s1)[C@@H]1CCS(=O)(=O)C1. The lowest BCUT2D eigenvalue weighted by Crippen LogP contribution is -2.41. The zero-order chi connectivity index (χ0) is 17.0. The number of hydrogen-bond donors (Lipinski definition) is 0. The van der Waals surface area contributed by atoms with Crippen LogP contribution in [-0.4, -0.2) is 64.5 Å². The second kappa shape index (κ2) is 8.17. The van der Waals surface area contributed by atoms with Crippen LogP contribution in [0.15, 0.2) is 8.68 Å². The minimum atomic E-state index is -2.98. The molecule has 10 heteroatoms. The third kappa shape index (κ3) is 5.61. The van der Waals surface area contributed by atoms with E-state index in [0.717, 1.165) is 8.68 Å². The lowest BCUT2D eigenvalue weighted by atomic mass is 10.2. The van der Waals surface area contributed by atoms with Gasteiger partial charge >= 0.3 is 0 Å². The largest absolute Gasteiger partial charge is 0.338 e. The first-order chi connectivity index (χ1) is 10.8. The maximum absolute atomic E-state index is 12.4. The Hall–Kier alpha value is -0.320. The minimum absolute atomic E-state index is 0.0344. The molecule has 1 aromatic heterocycles. The third-order valence-electron chi connectivity index (χ3n) is 3.35. The lowest BCUT2D eigenvalue weighted by molar-refractivity contribution is -0.129. The van der Waals surface area contributed by atoms with Gasteiger partial charge in [-0.05, 0) is 13.3 Å². The van der Waals surface area contributed by atoms with E-state index in [1.807, 2.05) is 6.92 Å². The zero-order valence-corrected chi connectivity index (χ0v) is 16.7. The van der Waals surface area contributed by atoms with Crippen molar-refractivity contribution in [2.75, 3.05) is 23.8 Å². The molecule has 0 radical (unpaired) electrons. The van der Waals surface area contributed by atoms with Gasteiger partial charge in [-0.3, -0.25) is 4.79 Å². The summed E-state index contributed by atoms with van der Waals surface area (Å²) in [7, 11) is -2.98. The molecule has 0 aliphatic carbocycles. The van der Waals surface area contributed by atoms with E-state index in [4.69, 9.17) is 0 Å². The van der Waals surface area contributed by atoms with Crippen molar-refractivity contribution < 1.29 is 13.2 Å². The average Bonchev–Trinajstić information content (AvgIpc) is 3.03. The van der Waals surface area contributed by atoms with Crippen LogP contribution in [0.25, 0.3) is 0 Å². The first kappa shape index (κ1) is 19.0. The molecule has 1 fully saturated rings. The second-order valence-electron chi connectivity index (χ2n) is 5.53. The Bertz CT molecular complexity index is 645. The summed E-state index contributed by atoms with van der Waals surface area (Å²) in [5, 5.41) is 8.64. The van der Waals surface area contributed by atoms with E-state index in [9.17, 15) is 13.2 Å². The first-order valence-corrected chi connectivity index (χ1v) is 11.9. The molecule has 1 aliphatic rings. The number of thioether (sulfide) groups is 2. The van der Waals surface area contributed by atoms with Gasteiger partial charge in [-0.15, -0.1) is 10.2 Å². The van der Waals surface area contributed by atoms with Crippen LogP contribution in [0.4, 0.5) is 0 Å². The Morgan fingerprint density at radius 1 is 1.39 bits per heavy atom. The maximum atomic E-state index is 12.4. The Morgan fingerprint density at radius 3 is 2.65 bits per heavy atom. The first-order valence-electron chi connectivity index (χ1n) is 7.43. The van der Waals surface area contributed by atoms with Crippen LogP contribution >= 0.6 is 34.9 Å².